The van der Waals surface area contributed by atoms with Gasteiger partial charge in [0.2, 0.25) is 0 Å². The SMILES string of the molecule is CCNC(=NCC(CC)(CC)CCO)NCCc1ccc(-c2nc(CC)no2)cc1. The van der Waals surface area contributed by atoms with Crippen LogP contribution >= 0.6 is 0 Å². The monoisotopic (exact) mass is 415 g/mol. The van der Waals surface area contributed by atoms with Crippen LogP contribution in [0.15, 0.2) is 33.8 Å². The first-order chi connectivity index (χ1) is 14.6. The topological polar surface area (TPSA) is 95.6 Å². The average Bonchev–Trinajstić information content (AvgIpc) is 3.26. The minimum Gasteiger partial charge on any atom is -0.396 e. The van der Waals surface area contributed by atoms with Crippen molar-refractivity contribution in [3.63, 3.8) is 0 Å². The number of guanidine groups is 1. The number of aliphatic hydroxyl groups excluding tert-OH is 1. The lowest BCUT2D eigenvalue weighted by atomic mass is 9.79. The molecule has 0 fully saturated rings. The molecular weight excluding hydrogens is 378 g/mol. The van der Waals surface area contributed by atoms with Crippen molar-refractivity contribution < 1.29 is 9.63 Å². The molecule has 30 heavy (non-hydrogen) atoms. The van der Waals surface area contributed by atoms with Crippen molar-refractivity contribution >= 4 is 5.96 Å². The first-order valence-electron chi connectivity index (χ1n) is 11.1. The van der Waals surface area contributed by atoms with Gasteiger partial charge in [0.05, 0.1) is 0 Å². The molecule has 0 atom stereocenters. The largest absolute Gasteiger partial charge is 0.396 e. The summed E-state index contributed by atoms with van der Waals surface area (Å²) in [5, 5.41) is 20.1. The van der Waals surface area contributed by atoms with E-state index < -0.39 is 0 Å². The van der Waals surface area contributed by atoms with Crippen molar-refractivity contribution in [3.8, 4) is 11.5 Å². The molecule has 7 heteroatoms. The van der Waals surface area contributed by atoms with Crippen LogP contribution in [0.1, 0.15) is 58.3 Å². The van der Waals surface area contributed by atoms with Crippen molar-refractivity contribution in [2.24, 2.45) is 10.4 Å². The lowest BCUT2D eigenvalue weighted by molar-refractivity contribution is 0.175. The smallest absolute Gasteiger partial charge is 0.257 e. The highest BCUT2D eigenvalue weighted by Crippen LogP contribution is 2.30. The second kappa shape index (κ2) is 12.3. The second-order valence-corrected chi connectivity index (χ2v) is 7.62. The Labute approximate surface area is 180 Å². The molecule has 0 aliphatic rings. The van der Waals surface area contributed by atoms with E-state index in [1.165, 1.54) is 5.56 Å². The van der Waals surface area contributed by atoms with Gasteiger partial charge in [-0.3, -0.25) is 4.99 Å². The van der Waals surface area contributed by atoms with Crippen LogP contribution in [0.25, 0.3) is 11.5 Å². The standard InChI is InChI=1S/C23H37N5O2/c1-5-20-27-21(30-28-20)19-11-9-18(10-12-19)13-15-25-22(24-8-4)26-17-23(6-2,7-3)14-16-29/h9-12,29H,5-8,13-17H2,1-4H3,(H2,24,25,26). The Morgan fingerprint density at radius 3 is 2.40 bits per heavy atom. The molecule has 166 valence electrons. The predicted molar refractivity (Wildman–Crippen MR) is 122 cm³/mol. The number of nitrogens with one attached hydrogen (secondary N) is 2. The molecule has 0 aliphatic carbocycles. The third-order valence-electron chi connectivity index (χ3n) is 5.75. The van der Waals surface area contributed by atoms with Crippen molar-refractivity contribution in [3.05, 3.63) is 35.7 Å². The van der Waals surface area contributed by atoms with Crippen LogP contribution in [0.5, 0.6) is 0 Å². The first kappa shape index (κ1) is 23.9. The van der Waals surface area contributed by atoms with Crippen LogP contribution in [-0.4, -0.2) is 47.4 Å². The molecule has 0 aliphatic heterocycles. The highest BCUT2D eigenvalue weighted by atomic mass is 16.5. The van der Waals surface area contributed by atoms with Crippen LogP contribution in [-0.2, 0) is 12.8 Å². The van der Waals surface area contributed by atoms with Gasteiger partial charge < -0.3 is 20.3 Å². The summed E-state index contributed by atoms with van der Waals surface area (Å²) in [6.07, 6.45) is 4.46. The number of aryl methyl sites for hydroxylation is 1. The zero-order valence-electron chi connectivity index (χ0n) is 18.9. The van der Waals surface area contributed by atoms with E-state index in [0.29, 0.717) is 12.4 Å². The van der Waals surface area contributed by atoms with Gasteiger partial charge in [0.15, 0.2) is 11.8 Å². The van der Waals surface area contributed by atoms with Crippen LogP contribution in [0.2, 0.25) is 0 Å². The lowest BCUT2D eigenvalue weighted by Crippen LogP contribution is -2.39. The van der Waals surface area contributed by atoms with Gasteiger partial charge in [-0.15, -0.1) is 0 Å². The van der Waals surface area contributed by atoms with Gasteiger partial charge in [-0.25, -0.2) is 0 Å². The molecule has 0 bridgehead atoms. The first-order valence-corrected chi connectivity index (χ1v) is 11.1. The van der Waals surface area contributed by atoms with Crippen molar-refractivity contribution in [2.75, 3.05) is 26.2 Å². The normalized spacial score (nSPS) is 12.2. The van der Waals surface area contributed by atoms with Gasteiger partial charge in [-0.1, -0.05) is 38.1 Å². The summed E-state index contributed by atoms with van der Waals surface area (Å²) < 4.78 is 5.30. The van der Waals surface area contributed by atoms with E-state index in [-0.39, 0.29) is 12.0 Å². The van der Waals surface area contributed by atoms with E-state index in [1.54, 1.807) is 0 Å². The Morgan fingerprint density at radius 1 is 1.10 bits per heavy atom. The number of hydrogen-bond acceptors (Lipinski definition) is 5. The van der Waals surface area contributed by atoms with Gasteiger partial charge in [0, 0.05) is 38.2 Å². The van der Waals surface area contributed by atoms with Crippen molar-refractivity contribution in [1.82, 2.24) is 20.8 Å². The van der Waals surface area contributed by atoms with E-state index in [1.807, 2.05) is 19.1 Å². The zero-order chi connectivity index (χ0) is 21.8. The quantitative estimate of drug-likeness (QED) is 0.362. The molecular formula is C23H37N5O2. The van der Waals surface area contributed by atoms with Crippen molar-refractivity contribution in [1.29, 1.82) is 0 Å². The fourth-order valence-electron chi connectivity index (χ4n) is 3.39. The summed E-state index contributed by atoms with van der Waals surface area (Å²) >= 11 is 0. The summed E-state index contributed by atoms with van der Waals surface area (Å²) in [6, 6.07) is 8.23. The van der Waals surface area contributed by atoms with Crippen LogP contribution in [0.3, 0.4) is 0 Å². The zero-order valence-corrected chi connectivity index (χ0v) is 18.9. The number of benzene rings is 1. The summed E-state index contributed by atoms with van der Waals surface area (Å²) in [5.74, 6) is 2.12. The number of hydrogen-bond donors (Lipinski definition) is 3. The molecule has 0 radical (unpaired) electrons. The van der Waals surface area contributed by atoms with Gasteiger partial charge >= 0.3 is 0 Å². The molecule has 7 nitrogen and oxygen atoms in total. The summed E-state index contributed by atoms with van der Waals surface area (Å²) in [7, 11) is 0. The average molecular weight is 416 g/mol. The summed E-state index contributed by atoms with van der Waals surface area (Å²) in [5.41, 5.74) is 2.24. The molecule has 3 N–H and O–H groups in total. The fourth-order valence-corrected chi connectivity index (χ4v) is 3.39. The van der Waals surface area contributed by atoms with Crippen molar-refractivity contribution in [2.45, 2.75) is 59.8 Å². The molecule has 0 unspecified atom stereocenters. The number of aromatic nitrogens is 2. The molecule has 2 rings (SSSR count). The molecule has 0 spiro atoms. The molecule has 2 aromatic rings. The molecule has 1 aromatic heterocycles. The number of aliphatic hydroxyl groups is 1. The highest BCUT2D eigenvalue weighted by Gasteiger charge is 2.25. The molecule has 0 saturated carbocycles. The van der Waals surface area contributed by atoms with E-state index >= 15 is 0 Å². The number of aliphatic imine (C=N–C) groups is 1. The minimum atomic E-state index is 0.0688. The van der Waals surface area contributed by atoms with E-state index in [9.17, 15) is 5.11 Å². The highest BCUT2D eigenvalue weighted by molar-refractivity contribution is 5.79. The Hall–Kier alpha value is -2.41. The van der Waals surface area contributed by atoms with E-state index in [2.05, 4.69) is 53.7 Å². The summed E-state index contributed by atoms with van der Waals surface area (Å²) in [6.45, 7) is 11.0. The summed E-state index contributed by atoms with van der Waals surface area (Å²) in [4.78, 5) is 9.17. The fraction of sp³-hybridized carbons (Fsp3) is 0.609. The number of rotatable bonds is 12. The van der Waals surface area contributed by atoms with Crippen LogP contribution in [0, 0.1) is 5.41 Å². The Balaban J connectivity index is 1.91. The Kier molecular flexibility index (Phi) is 9.80. The maximum Gasteiger partial charge on any atom is 0.257 e. The third kappa shape index (κ3) is 6.83. The minimum absolute atomic E-state index is 0.0688. The molecule has 0 saturated heterocycles. The molecule has 1 aromatic carbocycles. The Bertz CT molecular complexity index is 766. The van der Waals surface area contributed by atoms with Gasteiger partial charge in [0.25, 0.3) is 5.89 Å². The lowest BCUT2D eigenvalue weighted by Gasteiger charge is -2.29. The maximum absolute atomic E-state index is 9.41. The van der Waals surface area contributed by atoms with Crippen LogP contribution in [0.4, 0.5) is 0 Å². The maximum atomic E-state index is 9.41. The van der Waals surface area contributed by atoms with E-state index in [4.69, 9.17) is 9.52 Å². The predicted octanol–water partition coefficient (Wildman–Crippen LogP) is 3.59. The third-order valence-corrected chi connectivity index (χ3v) is 5.75. The van der Waals surface area contributed by atoms with Gasteiger partial charge in [0.1, 0.15) is 0 Å². The van der Waals surface area contributed by atoms with Crippen LogP contribution < -0.4 is 10.6 Å². The van der Waals surface area contributed by atoms with Gasteiger partial charge in [-0.05, 0) is 55.7 Å². The second-order valence-electron chi connectivity index (χ2n) is 7.62. The van der Waals surface area contributed by atoms with Gasteiger partial charge in [-0.2, -0.15) is 4.98 Å². The van der Waals surface area contributed by atoms with E-state index in [0.717, 1.165) is 62.5 Å². The Morgan fingerprint density at radius 2 is 1.83 bits per heavy atom. The number of nitrogens with zero attached hydrogens (tertiary/aromatic N) is 3. The molecule has 0 amide bonds. The molecule has 1 heterocycles.